The molecule has 0 amide bonds. The predicted molar refractivity (Wildman–Crippen MR) is 93.2 cm³/mol. The highest BCUT2D eigenvalue weighted by molar-refractivity contribution is 9.10. The van der Waals surface area contributed by atoms with Gasteiger partial charge >= 0.3 is 0 Å². The van der Waals surface area contributed by atoms with Crippen molar-refractivity contribution < 1.29 is 0 Å². The summed E-state index contributed by atoms with van der Waals surface area (Å²) in [5.41, 5.74) is 3.84. The number of hydrogen-bond acceptors (Lipinski definition) is 1. The first-order chi connectivity index (χ1) is 9.61. The molecule has 0 aliphatic heterocycles. The SMILES string of the molecule is CCCNC(c1ccc(Br)cc1)c1ccc(C)c(Br)c1. The van der Waals surface area contributed by atoms with Gasteiger partial charge in [0, 0.05) is 8.95 Å². The average Bonchev–Trinajstić information content (AvgIpc) is 2.45. The van der Waals surface area contributed by atoms with Crippen LogP contribution in [0.25, 0.3) is 0 Å². The first kappa shape index (κ1) is 15.7. The molecule has 0 radical (unpaired) electrons. The summed E-state index contributed by atoms with van der Waals surface area (Å²) >= 11 is 7.13. The van der Waals surface area contributed by atoms with E-state index in [4.69, 9.17) is 0 Å². The number of aryl methyl sites for hydroxylation is 1. The number of rotatable bonds is 5. The molecule has 20 heavy (non-hydrogen) atoms. The van der Waals surface area contributed by atoms with Gasteiger partial charge in [0.15, 0.2) is 0 Å². The molecule has 0 heterocycles. The number of nitrogens with one attached hydrogen (secondary N) is 1. The normalized spacial score (nSPS) is 12.4. The summed E-state index contributed by atoms with van der Waals surface area (Å²) in [4.78, 5) is 0. The van der Waals surface area contributed by atoms with E-state index < -0.39 is 0 Å². The summed E-state index contributed by atoms with van der Waals surface area (Å²) < 4.78 is 2.27. The van der Waals surface area contributed by atoms with E-state index in [2.05, 4.69) is 93.5 Å². The second kappa shape index (κ2) is 7.39. The summed E-state index contributed by atoms with van der Waals surface area (Å²) in [6, 6.07) is 15.4. The van der Waals surface area contributed by atoms with Crippen molar-refractivity contribution in [2.45, 2.75) is 26.3 Å². The molecule has 1 atom stereocenters. The van der Waals surface area contributed by atoms with Gasteiger partial charge in [0.2, 0.25) is 0 Å². The molecule has 0 bridgehead atoms. The molecule has 2 aromatic rings. The van der Waals surface area contributed by atoms with Gasteiger partial charge in [-0.05, 0) is 54.8 Å². The molecule has 0 aliphatic carbocycles. The van der Waals surface area contributed by atoms with Crippen molar-refractivity contribution in [3.8, 4) is 0 Å². The van der Waals surface area contributed by atoms with Crippen LogP contribution in [0.4, 0.5) is 0 Å². The van der Waals surface area contributed by atoms with E-state index in [0.29, 0.717) is 0 Å². The smallest absolute Gasteiger partial charge is 0.0577 e. The Morgan fingerprint density at radius 3 is 2.25 bits per heavy atom. The number of benzene rings is 2. The van der Waals surface area contributed by atoms with Crippen LogP contribution in [0.5, 0.6) is 0 Å². The van der Waals surface area contributed by atoms with Gasteiger partial charge in [0.05, 0.1) is 6.04 Å². The fourth-order valence-electron chi connectivity index (χ4n) is 2.16. The highest BCUT2D eigenvalue weighted by Gasteiger charge is 2.14. The molecule has 0 spiro atoms. The van der Waals surface area contributed by atoms with Crippen LogP contribution in [-0.2, 0) is 0 Å². The monoisotopic (exact) mass is 395 g/mol. The van der Waals surface area contributed by atoms with Crippen molar-refractivity contribution in [1.29, 1.82) is 0 Å². The largest absolute Gasteiger partial charge is 0.306 e. The molecule has 106 valence electrons. The average molecular weight is 397 g/mol. The van der Waals surface area contributed by atoms with Gasteiger partial charge in [-0.15, -0.1) is 0 Å². The van der Waals surface area contributed by atoms with Crippen LogP contribution in [0.1, 0.15) is 36.1 Å². The lowest BCUT2D eigenvalue weighted by atomic mass is 9.98. The van der Waals surface area contributed by atoms with E-state index in [9.17, 15) is 0 Å². The summed E-state index contributed by atoms with van der Waals surface area (Å²) in [5, 5.41) is 3.63. The van der Waals surface area contributed by atoms with Crippen molar-refractivity contribution in [2.24, 2.45) is 0 Å². The number of hydrogen-bond donors (Lipinski definition) is 1. The topological polar surface area (TPSA) is 12.0 Å². The lowest BCUT2D eigenvalue weighted by molar-refractivity contribution is 0.598. The molecule has 0 aliphatic rings. The van der Waals surface area contributed by atoms with E-state index in [1.807, 2.05) is 0 Å². The maximum absolute atomic E-state index is 3.63. The highest BCUT2D eigenvalue weighted by atomic mass is 79.9. The Morgan fingerprint density at radius 1 is 1.00 bits per heavy atom. The fourth-order valence-corrected chi connectivity index (χ4v) is 2.82. The molecule has 0 aromatic heterocycles. The first-order valence-electron chi connectivity index (χ1n) is 6.86. The third-order valence-electron chi connectivity index (χ3n) is 3.33. The van der Waals surface area contributed by atoms with Gasteiger partial charge in [0.1, 0.15) is 0 Å². The second-order valence-corrected chi connectivity index (χ2v) is 6.72. The molecule has 2 rings (SSSR count). The van der Waals surface area contributed by atoms with Gasteiger partial charge in [0.25, 0.3) is 0 Å². The third kappa shape index (κ3) is 3.94. The minimum atomic E-state index is 0.236. The fraction of sp³-hybridized carbons (Fsp3) is 0.294. The van der Waals surface area contributed by atoms with Crippen LogP contribution >= 0.6 is 31.9 Å². The van der Waals surface area contributed by atoms with Crippen LogP contribution in [0, 0.1) is 6.92 Å². The highest BCUT2D eigenvalue weighted by Crippen LogP contribution is 2.27. The van der Waals surface area contributed by atoms with E-state index in [1.54, 1.807) is 0 Å². The zero-order valence-corrected chi connectivity index (χ0v) is 15.0. The van der Waals surface area contributed by atoms with Crippen LogP contribution in [0.2, 0.25) is 0 Å². The van der Waals surface area contributed by atoms with Gasteiger partial charge in [-0.25, -0.2) is 0 Å². The molecule has 2 aromatic carbocycles. The van der Waals surface area contributed by atoms with Gasteiger partial charge in [-0.2, -0.15) is 0 Å². The number of halogens is 2. The Bertz CT molecular complexity index is 564. The summed E-state index contributed by atoms with van der Waals surface area (Å²) in [7, 11) is 0. The van der Waals surface area contributed by atoms with Crippen LogP contribution in [0.15, 0.2) is 51.4 Å². The third-order valence-corrected chi connectivity index (χ3v) is 4.71. The molecular weight excluding hydrogens is 378 g/mol. The Balaban J connectivity index is 2.35. The Morgan fingerprint density at radius 2 is 1.65 bits per heavy atom. The molecule has 1 nitrogen and oxygen atoms in total. The molecule has 1 N–H and O–H groups in total. The lowest BCUT2D eigenvalue weighted by Crippen LogP contribution is -2.23. The van der Waals surface area contributed by atoms with Gasteiger partial charge in [-0.1, -0.05) is 63.0 Å². The quantitative estimate of drug-likeness (QED) is 0.692. The van der Waals surface area contributed by atoms with Gasteiger partial charge < -0.3 is 5.32 Å². The van der Waals surface area contributed by atoms with Crippen LogP contribution < -0.4 is 5.32 Å². The summed E-state index contributed by atoms with van der Waals surface area (Å²) in [6.07, 6.45) is 1.13. The van der Waals surface area contributed by atoms with Gasteiger partial charge in [-0.3, -0.25) is 0 Å². The van der Waals surface area contributed by atoms with Crippen molar-refractivity contribution in [3.63, 3.8) is 0 Å². The molecule has 0 saturated carbocycles. The first-order valence-corrected chi connectivity index (χ1v) is 8.45. The summed E-state index contributed by atoms with van der Waals surface area (Å²) in [5.74, 6) is 0. The molecule has 0 fully saturated rings. The minimum Gasteiger partial charge on any atom is -0.306 e. The zero-order chi connectivity index (χ0) is 14.5. The second-order valence-electron chi connectivity index (χ2n) is 4.95. The molecular formula is C17H19Br2N. The van der Waals surface area contributed by atoms with E-state index in [-0.39, 0.29) is 6.04 Å². The van der Waals surface area contributed by atoms with E-state index in [1.165, 1.54) is 16.7 Å². The van der Waals surface area contributed by atoms with Crippen LogP contribution in [-0.4, -0.2) is 6.54 Å². The molecule has 1 unspecified atom stereocenters. The van der Waals surface area contributed by atoms with E-state index in [0.717, 1.165) is 21.9 Å². The standard InChI is InChI=1S/C17H19Br2N/c1-3-10-20-17(13-6-8-15(18)9-7-13)14-5-4-12(2)16(19)11-14/h4-9,11,17,20H,3,10H2,1-2H3. The minimum absolute atomic E-state index is 0.236. The van der Waals surface area contributed by atoms with Crippen molar-refractivity contribution in [2.75, 3.05) is 6.54 Å². The Hall–Kier alpha value is -0.640. The molecule has 0 saturated heterocycles. The Kier molecular flexibility index (Phi) is 5.82. The maximum Gasteiger partial charge on any atom is 0.0577 e. The van der Waals surface area contributed by atoms with Crippen molar-refractivity contribution in [1.82, 2.24) is 5.32 Å². The maximum atomic E-state index is 3.63. The van der Waals surface area contributed by atoms with Crippen molar-refractivity contribution in [3.05, 3.63) is 68.1 Å². The van der Waals surface area contributed by atoms with Crippen LogP contribution in [0.3, 0.4) is 0 Å². The predicted octanol–water partition coefficient (Wildman–Crippen LogP) is 5.61. The van der Waals surface area contributed by atoms with Crippen molar-refractivity contribution >= 4 is 31.9 Å². The summed E-state index contributed by atoms with van der Waals surface area (Å²) in [6.45, 7) is 5.31. The Labute approximate surface area is 138 Å². The lowest BCUT2D eigenvalue weighted by Gasteiger charge is -2.20. The zero-order valence-electron chi connectivity index (χ0n) is 11.8. The molecule has 3 heteroatoms. The van der Waals surface area contributed by atoms with E-state index >= 15 is 0 Å².